The van der Waals surface area contributed by atoms with E-state index in [4.69, 9.17) is 4.52 Å². The van der Waals surface area contributed by atoms with Gasteiger partial charge in [0.25, 0.3) is 0 Å². The maximum absolute atomic E-state index is 12.1. The molecular formula is C15H20ClN5O2. The lowest BCUT2D eigenvalue weighted by molar-refractivity contribution is -0.127. The maximum atomic E-state index is 12.1. The molecule has 0 spiro atoms. The fourth-order valence-electron chi connectivity index (χ4n) is 2.23. The van der Waals surface area contributed by atoms with E-state index in [1.807, 2.05) is 26.0 Å². The molecule has 1 atom stereocenters. The van der Waals surface area contributed by atoms with Crippen LogP contribution in [0.25, 0.3) is 11.4 Å². The summed E-state index contributed by atoms with van der Waals surface area (Å²) in [4.78, 5) is 20.6. The van der Waals surface area contributed by atoms with E-state index in [1.165, 1.54) is 0 Å². The van der Waals surface area contributed by atoms with Crippen LogP contribution < -0.4 is 10.6 Å². The van der Waals surface area contributed by atoms with Gasteiger partial charge >= 0.3 is 0 Å². The van der Waals surface area contributed by atoms with Crippen LogP contribution in [-0.4, -0.2) is 34.1 Å². The minimum atomic E-state index is -0.286. The van der Waals surface area contributed by atoms with Crippen LogP contribution in [0.15, 0.2) is 29.0 Å². The second kappa shape index (κ2) is 7.52. The SMILES string of the molecule is CC(C)C(NC(=O)C1CNC1)c1nc(-c2cccnc2)no1.Cl. The lowest BCUT2D eigenvalue weighted by atomic mass is 9.99. The molecule has 2 aromatic rings. The number of carbonyl (C=O) groups excluding carboxylic acids is 1. The van der Waals surface area contributed by atoms with Crippen LogP contribution >= 0.6 is 12.4 Å². The van der Waals surface area contributed by atoms with Crippen molar-refractivity contribution >= 4 is 18.3 Å². The zero-order valence-corrected chi connectivity index (χ0v) is 13.8. The molecule has 0 bridgehead atoms. The summed E-state index contributed by atoms with van der Waals surface area (Å²) in [6, 6.07) is 3.40. The van der Waals surface area contributed by atoms with Gasteiger partial charge in [0.2, 0.25) is 17.6 Å². The van der Waals surface area contributed by atoms with E-state index in [1.54, 1.807) is 12.4 Å². The van der Waals surface area contributed by atoms with Gasteiger partial charge in [-0.15, -0.1) is 12.4 Å². The van der Waals surface area contributed by atoms with Crippen LogP contribution in [-0.2, 0) is 4.79 Å². The molecule has 2 aromatic heterocycles. The first-order valence-corrected chi connectivity index (χ1v) is 7.40. The van der Waals surface area contributed by atoms with E-state index < -0.39 is 0 Å². The number of hydrogen-bond donors (Lipinski definition) is 2. The van der Waals surface area contributed by atoms with E-state index >= 15 is 0 Å². The quantitative estimate of drug-likeness (QED) is 0.860. The Hall–Kier alpha value is -1.99. The number of hydrogen-bond acceptors (Lipinski definition) is 6. The molecular weight excluding hydrogens is 318 g/mol. The average Bonchev–Trinajstić information content (AvgIpc) is 2.93. The molecule has 8 heteroatoms. The van der Waals surface area contributed by atoms with Crippen LogP contribution in [0, 0.1) is 11.8 Å². The van der Waals surface area contributed by atoms with Crippen LogP contribution in [0.3, 0.4) is 0 Å². The first-order chi connectivity index (χ1) is 10.6. The monoisotopic (exact) mass is 337 g/mol. The smallest absolute Gasteiger partial charge is 0.249 e. The van der Waals surface area contributed by atoms with E-state index in [-0.39, 0.29) is 36.2 Å². The lowest BCUT2D eigenvalue weighted by Gasteiger charge is -2.28. The molecule has 3 heterocycles. The summed E-state index contributed by atoms with van der Waals surface area (Å²) in [5, 5.41) is 10.1. The van der Waals surface area contributed by atoms with Crippen LogP contribution in [0.4, 0.5) is 0 Å². The molecule has 0 aromatic carbocycles. The molecule has 2 N–H and O–H groups in total. The van der Waals surface area contributed by atoms with Crippen molar-refractivity contribution in [1.29, 1.82) is 0 Å². The molecule has 1 fully saturated rings. The number of halogens is 1. The second-order valence-electron chi connectivity index (χ2n) is 5.78. The van der Waals surface area contributed by atoms with Gasteiger partial charge in [-0.3, -0.25) is 9.78 Å². The number of rotatable bonds is 5. The number of carbonyl (C=O) groups is 1. The van der Waals surface area contributed by atoms with Crippen molar-refractivity contribution in [3.8, 4) is 11.4 Å². The van der Waals surface area contributed by atoms with Crippen LogP contribution in [0.5, 0.6) is 0 Å². The average molecular weight is 338 g/mol. The molecule has 1 aliphatic rings. The van der Waals surface area contributed by atoms with Crippen LogP contribution in [0.1, 0.15) is 25.8 Å². The first-order valence-electron chi connectivity index (χ1n) is 7.40. The van der Waals surface area contributed by atoms with E-state index in [2.05, 4.69) is 25.8 Å². The highest BCUT2D eigenvalue weighted by Crippen LogP contribution is 2.23. The number of aromatic nitrogens is 3. The zero-order chi connectivity index (χ0) is 15.5. The van der Waals surface area contributed by atoms with E-state index in [9.17, 15) is 4.79 Å². The maximum Gasteiger partial charge on any atom is 0.249 e. The van der Waals surface area contributed by atoms with Gasteiger partial charge < -0.3 is 15.2 Å². The van der Waals surface area contributed by atoms with Gasteiger partial charge in [-0.1, -0.05) is 19.0 Å². The summed E-state index contributed by atoms with van der Waals surface area (Å²) in [6.45, 7) is 5.47. The third-order valence-electron chi connectivity index (χ3n) is 3.74. The Balaban J connectivity index is 0.00000192. The van der Waals surface area contributed by atoms with Gasteiger partial charge in [-0.05, 0) is 18.1 Å². The van der Waals surface area contributed by atoms with Gasteiger partial charge in [-0.2, -0.15) is 4.98 Å². The minimum absolute atomic E-state index is 0. The number of nitrogens with zero attached hydrogens (tertiary/aromatic N) is 3. The molecule has 7 nitrogen and oxygen atoms in total. The molecule has 0 aliphatic carbocycles. The Kier molecular flexibility index (Phi) is 5.68. The van der Waals surface area contributed by atoms with Crippen molar-refractivity contribution in [2.45, 2.75) is 19.9 Å². The summed E-state index contributed by atoms with van der Waals surface area (Å²) < 4.78 is 5.36. The highest BCUT2D eigenvalue weighted by molar-refractivity contribution is 5.85. The number of nitrogens with one attached hydrogen (secondary N) is 2. The molecule has 124 valence electrons. The third kappa shape index (κ3) is 3.86. The molecule has 1 amide bonds. The molecule has 0 saturated carbocycles. The molecule has 1 aliphatic heterocycles. The largest absolute Gasteiger partial charge is 0.344 e. The van der Waals surface area contributed by atoms with Crippen molar-refractivity contribution in [2.24, 2.45) is 11.8 Å². The number of amides is 1. The summed E-state index contributed by atoms with van der Waals surface area (Å²) in [7, 11) is 0. The Labute approximate surface area is 140 Å². The molecule has 3 rings (SSSR count). The fraction of sp³-hybridized carbons (Fsp3) is 0.467. The van der Waals surface area contributed by atoms with E-state index in [0.29, 0.717) is 11.7 Å². The summed E-state index contributed by atoms with van der Waals surface area (Å²) in [6.07, 6.45) is 3.37. The predicted octanol–water partition coefficient (Wildman–Crippen LogP) is 1.59. The van der Waals surface area contributed by atoms with Gasteiger partial charge in [-0.25, -0.2) is 0 Å². The topological polar surface area (TPSA) is 92.9 Å². The highest BCUT2D eigenvalue weighted by Gasteiger charge is 2.30. The van der Waals surface area contributed by atoms with E-state index in [0.717, 1.165) is 18.7 Å². The van der Waals surface area contributed by atoms with Crippen molar-refractivity contribution in [3.05, 3.63) is 30.4 Å². The normalized spacial score (nSPS) is 15.6. The minimum Gasteiger partial charge on any atom is -0.344 e. The molecule has 23 heavy (non-hydrogen) atoms. The van der Waals surface area contributed by atoms with Crippen molar-refractivity contribution in [3.63, 3.8) is 0 Å². The van der Waals surface area contributed by atoms with Gasteiger partial charge in [0.1, 0.15) is 6.04 Å². The van der Waals surface area contributed by atoms with Gasteiger partial charge in [0.15, 0.2) is 0 Å². The van der Waals surface area contributed by atoms with Crippen molar-refractivity contribution in [2.75, 3.05) is 13.1 Å². The van der Waals surface area contributed by atoms with Crippen molar-refractivity contribution in [1.82, 2.24) is 25.8 Å². The molecule has 1 saturated heterocycles. The molecule has 0 radical (unpaired) electrons. The Morgan fingerprint density at radius 1 is 1.43 bits per heavy atom. The summed E-state index contributed by atoms with van der Waals surface area (Å²) in [5.74, 6) is 1.11. The summed E-state index contributed by atoms with van der Waals surface area (Å²) >= 11 is 0. The third-order valence-corrected chi connectivity index (χ3v) is 3.74. The Morgan fingerprint density at radius 2 is 2.22 bits per heavy atom. The predicted molar refractivity (Wildman–Crippen MR) is 86.9 cm³/mol. The Bertz CT molecular complexity index is 642. The first kappa shape index (κ1) is 17.4. The highest BCUT2D eigenvalue weighted by atomic mass is 35.5. The Morgan fingerprint density at radius 3 is 2.78 bits per heavy atom. The zero-order valence-electron chi connectivity index (χ0n) is 13.0. The fourth-order valence-corrected chi connectivity index (χ4v) is 2.23. The van der Waals surface area contributed by atoms with Gasteiger partial charge in [0.05, 0.1) is 5.92 Å². The second-order valence-corrected chi connectivity index (χ2v) is 5.78. The molecule has 1 unspecified atom stereocenters. The lowest BCUT2D eigenvalue weighted by Crippen LogP contribution is -2.51. The van der Waals surface area contributed by atoms with Gasteiger partial charge in [0, 0.05) is 31.0 Å². The standard InChI is InChI=1S/C15H19N5O2.ClH/c1-9(2)12(18-14(21)11-7-17-8-11)15-19-13(20-22-15)10-4-3-5-16-6-10;/h3-6,9,11-12,17H,7-8H2,1-2H3,(H,18,21);1H. The number of pyridine rings is 1. The summed E-state index contributed by atoms with van der Waals surface area (Å²) in [5.41, 5.74) is 0.787. The van der Waals surface area contributed by atoms with Crippen molar-refractivity contribution < 1.29 is 9.32 Å². The van der Waals surface area contributed by atoms with Crippen LogP contribution in [0.2, 0.25) is 0 Å².